The van der Waals surface area contributed by atoms with E-state index in [0.717, 1.165) is 0 Å². The van der Waals surface area contributed by atoms with Crippen LogP contribution in [0.15, 0.2) is 36.8 Å². The second-order valence-corrected chi connectivity index (χ2v) is 3.58. The minimum atomic E-state index is -0.481. The Morgan fingerprint density at radius 2 is 1.84 bits per heavy atom. The predicted octanol–water partition coefficient (Wildman–Crippen LogP) is 1.30. The molecule has 0 radical (unpaired) electrons. The summed E-state index contributed by atoms with van der Waals surface area (Å²) in [5, 5.41) is 16.5. The smallest absolute Gasteiger partial charge is 0.287 e. The minimum absolute atomic E-state index is 0.0265. The van der Waals surface area contributed by atoms with E-state index >= 15 is 0 Å². The topological polar surface area (TPSA) is 106 Å². The van der Waals surface area contributed by atoms with Crippen molar-refractivity contribution >= 4 is 17.5 Å². The summed E-state index contributed by atoms with van der Waals surface area (Å²) in [5.74, 6) is 1.14. The summed E-state index contributed by atoms with van der Waals surface area (Å²) in [5.41, 5.74) is -0.0265. The molecular weight excluding hydrogens is 248 g/mol. The van der Waals surface area contributed by atoms with Crippen LogP contribution in [-0.2, 0) is 0 Å². The summed E-state index contributed by atoms with van der Waals surface area (Å²) in [6.45, 7) is 1.21. The van der Waals surface area contributed by atoms with Gasteiger partial charge in [0.25, 0.3) is 5.69 Å². The van der Waals surface area contributed by atoms with Crippen LogP contribution in [0.3, 0.4) is 0 Å². The Kier molecular flexibility index (Phi) is 4.17. The average molecular weight is 260 g/mol. The Balaban J connectivity index is 1.75. The van der Waals surface area contributed by atoms with E-state index in [4.69, 9.17) is 0 Å². The number of anilines is 2. The highest BCUT2D eigenvalue weighted by Crippen LogP contribution is 2.11. The number of aromatic nitrogens is 3. The normalized spacial score (nSPS) is 9.89. The highest BCUT2D eigenvalue weighted by molar-refractivity contribution is 5.40. The van der Waals surface area contributed by atoms with Crippen molar-refractivity contribution in [3.63, 3.8) is 0 Å². The molecule has 0 saturated carbocycles. The van der Waals surface area contributed by atoms with Crippen molar-refractivity contribution in [2.75, 3.05) is 23.7 Å². The third-order valence-electron chi connectivity index (χ3n) is 2.24. The summed E-state index contributed by atoms with van der Waals surface area (Å²) in [7, 11) is 0. The summed E-state index contributed by atoms with van der Waals surface area (Å²) in [6.07, 6.45) is 4.53. The number of nitrogens with zero attached hydrogens (tertiary/aromatic N) is 4. The van der Waals surface area contributed by atoms with Crippen molar-refractivity contribution in [1.29, 1.82) is 0 Å². The maximum Gasteiger partial charge on any atom is 0.287 e. The van der Waals surface area contributed by atoms with Gasteiger partial charge in [-0.15, -0.1) is 0 Å². The fraction of sp³-hybridized carbons (Fsp3) is 0.182. The van der Waals surface area contributed by atoms with Gasteiger partial charge in [-0.1, -0.05) is 0 Å². The molecule has 0 amide bonds. The van der Waals surface area contributed by atoms with Crippen LogP contribution in [0, 0.1) is 10.1 Å². The molecule has 19 heavy (non-hydrogen) atoms. The summed E-state index contributed by atoms with van der Waals surface area (Å²) >= 11 is 0. The van der Waals surface area contributed by atoms with Crippen LogP contribution in [-0.4, -0.2) is 33.0 Å². The lowest BCUT2D eigenvalue weighted by atomic mass is 10.4. The first-order valence-corrected chi connectivity index (χ1v) is 5.61. The van der Waals surface area contributed by atoms with Crippen LogP contribution < -0.4 is 10.6 Å². The molecule has 0 aromatic carbocycles. The van der Waals surface area contributed by atoms with Crippen molar-refractivity contribution in [2.24, 2.45) is 0 Å². The molecule has 98 valence electrons. The molecule has 2 rings (SSSR count). The SMILES string of the molecule is O=[N+]([O-])c1ccc(NCCNc2ncccn2)nc1. The molecule has 8 heteroatoms. The molecule has 2 aromatic rings. The van der Waals surface area contributed by atoms with Gasteiger partial charge in [0.1, 0.15) is 12.0 Å². The van der Waals surface area contributed by atoms with Gasteiger partial charge in [-0.25, -0.2) is 15.0 Å². The Morgan fingerprint density at radius 3 is 2.47 bits per heavy atom. The second kappa shape index (κ2) is 6.24. The molecule has 0 aliphatic heterocycles. The number of rotatable bonds is 6. The maximum absolute atomic E-state index is 10.5. The second-order valence-electron chi connectivity index (χ2n) is 3.58. The Hall–Kier alpha value is -2.77. The van der Waals surface area contributed by atoms with Gasteiger partial charge in [0.05, 0.1) is 4.92 Å². The molecule has 0 bridgehead atoms. The Bertz CT molecular complexity index is 531. The van der Waals surface area contributed by atoms with Crippen LogP contribution in [0.2, 0.25) is 0 Å². The van der Waals surface area contributed by atoms with Gasteiger partial charge in [0.2, 0.25) is 5.95 Å². The molecule has 2 aromatic heterocycles. The molecule has 8 nitrogen and oxygen atoms in total. The van der Waals surface area contributed by atoms with Crippen molar-refractivity contribution in [1.82, 2.24) is 15.0 Å². The summed E-state index contributed by atoms with van der Waals surface area (Å²) < 4.78 is 0. The standard InChI is InChI=1S/C11H12N6O2/c18-17(19)9-2-3-10(16-8-9)12-6-7-15-11-13-4-1-5-14-11/h1-5,8H,6-7H2,(H,12,16)(H,13,14,15). The lowest BCUT2D eigenvalue weighted by Crippen LogP contribution is -2.15. The van der Waals surface area contributed by atoms with Gasteiger partial charge in [-0.05, 0) is 12.1 Å². The van der Waals surface area contributed by atoms with E-state index in [2.05, 4.69) is 25.6 Å². The van der Waals surface area contributed by atoms with Crippen LogP contribution in [0.4, 0.5) is 17.5 Å². The summed E-state index contributed by atoms with van der Waals surface area (Å²) in [6, 6.07) is 4.71. The number of hydrogen-bond donors (Lipinski definition) is 2. The van der Waals surface area contributed by atoms with Gasteiger partial charge in [-0.2, -0.15) is 0 Å². The lowest BCUT2D eigenvalue weighted by molar-refractivity contribution is -0.385. The molecule has 0 unspecified atom stereocenters. The van der Waals surface area contributed by atoms with Gasteiger partial charge in [-0.3, -0.25) is 10.1 Å². The van der Waals surface area contributed by atoms with E-state index < -0.39 is 4.92 Å². The zero-order valence-corrected chi connectivity index (χ0v) is 9.98. The monoisotopic (exact) mass is 260 g/mol. The third-order valence-corrected chi connectivity index (χ3v) is 2.24. The molecule has 2 N–H and O–H groups in total. The first-order valence-electron chi connectivity index (χ1n) is 5.61. The van der Waals surface area contributed by atoms with E-state index in [1.165, 1.54) is 12.3 Å². The average Bonchev–Trinajstić information content (AvgIpc) is 2.45. The van der Waals surface area contributed by atoms with Crippen molar-refractivity contribution in [3.05, 3.63) is 46.9 Å². The largest absolute Gasteiger partial charge is 0.368 e. The van der Waals surface area contributed by atoms with Gasteiger partial charge in [0, 0.05) is 31.5 Å². The van der Waals surface area contributed by atoms with E-state index in [0.29, 0.717) is 24.9 Å². The van der Waals surface area contributed by atoms with E-state index in [1.807, 2.05) is 0 Å². The molecule has 0 aliphatic rings. The van der Waals surface area contributed by atoms with Crippen molar-refractivity contribution in [3.8, 4) is 0 Å². The number of hydrogen-bond acceptors (Lipinski definition) is 7. The molecule has 0 atom stereocenters. The Labute approximate surface area is 109 Å². The van der Waals surface area contributed by atoms with Gasteiger partial charge < -0.3 is 10.6 Å². The van der Waals surface area contributed by atoms with E-state index in [-0.39, 0.29) is 5.69 Å². The molecule has 0 aliphatic carbocycles. The van der Waals surface area contributed by atoms with Crippen LogP contribution in [0.1, 0.15) is 0 Å². The van der Waals surface area contributed by atoms with Gasteiger partial charge >= 0.3 is 0 Å². The highest BCUT2D eigenvalue weighted by Gasteiger charge is 2.04. The zero-order valence-electron chi connectivity index (χ0n) is 9.98. The van der Waals surface area contributed by atoms with Crippen LogP contribution in [0.5, 0.6) is 0 Å². The third kappa shape index (κ3) is 3.87. The molecule has 0 fully saturated rings. The molecular formula is C11H12N6O2. The minimum Gasteiger partial charge on any atom is -0.368 e. The number of pyridine rings is 1. The first-order chi connectivity index (χ1) is 9.25. The fourth-order valence-electron chi connectivity index (χ4n) is 1.35. The number of nitrogens with one attached hydrogen (secondary N) is 2. The molecule has 2 heterocycles. The van der Waals surface area contributed by atoms with Crippen molar-refractivity contribution < 1.29 is 4.92 Å². The predicted molar refractivity (Wildman–Crippen MR) is 69.9 cm³/mol. The Morgan fingerprint density at radius 1 is 1.11 bits per heavy atom. The maximum atomic E-state index is 10.5. The lowest BCUT2D eigenvalue weighted by Gasteiger charge is -2.06. The highest BCUT2D eigenvalue weighted by atomic mass is 16.6. The molecule has 0 saturated heterocycles. The fourth-order valence-corrected chi connectivity index (χ4v) is 1.35. The number of nitro groups is 1. The quantitative estimate of drug-likeness (QED) is 0.458. The van der Waals surface area contributed by atoms with Crippen LogP contribution >= 0.6 is 0 Å². The van der Waals surface area contributed by atoms with Gasteiger partial charge in [0.15, 0.2) is 0 Å². The zero-order chi connectivity index (χ0) is 13.5. The van der Waals surface area contributed by atoms with Crippen molar-refractivity contribution in [2.45, 2.75) is 0 Å². The first kappa shape index (κ1) is 12.7. The van der Waals surface area contributed by atoms with Crippen LogP contribution in [0.25, 0.3) is 0 Å². The molecule has 0 spiro atoms. The van der Waals surface area contributed by atoms with E-state index in [1.54, 1.807) is 24.5 Å². The summed E-state index contributed by atoms with van der Waals surface area (Å²) in [4.78, 5) is 21.9. The van der Waals surface area contributed by atoms with E-state index in [9.17, 15) is 10.1 Å².